The van der Waals surface area contributed by atoms with Crippen molar-refractivity contribution in [2.24, 2.45) is 0 Å². The van der Waals surface area contributed by atoms with Gasteiger partial charge in [0.15, 0.2) is 5.82 Å². The van der Waals surface area contributed by atoms with Gasteiger partial charge in [0.05, 0.1) is 17.2 Å². The molecule has 2 aromatic rings. The van der Waals surface area contributed by atoms with Crippen molar-refractivity contribution in [3.63, 3.8) is 0 Å². The van der Waals surface area contributed by atoms with Crippen LogP contribution >= 0.6 is 23.1 Å². The van der Waals surface area contributed by atoms with Crippen molar-refractivity contribution in [3.8, 4) is 0 Å². The fraction of sp³-hybridized carbons (Fsp3) is 0.474. The second-order valence-corrected chi connectivity index (χ2v) is 8.83. The van der Waals surface area contributed by atoms with Gasteiger partial charge in [-0.25, -0.2) is 0 Å². The predicted octanol–water partition coefficient (Wildman–Crippen LogP) is 2.93. The summed E-state index contributed by atoms with van der Waals surface area (Å²) in [7, 11) is 3.99. The summed E-state index contributed by atoms with van der Waals surface area (Å²) in [6, 6.07) is 5.90. The van der Waals surface area contributed by atoms with Crippen molar-refractivity contribution in [1.29, 1.82) is 0 Å². The maximum Gasteiger partial charge on any atom is 0.274 e. The number of hydrogen-bond acceptors (Lipinski definition) is 9. The highest BCUT2D eigenvalue weighted by Gasteiger charge is 2.13. The molecule has 1 unspecified atom stereocenters. The molecule has 3 N–H and O–H groups in total. The zero-order chi connectivity index (χ0) is 21.2. The number of thiophene rings is 1. The number of nitrogens with zero attached hydrogens (tertiary/aromatic N) is 2. The normalized spacial score (nSPS) is 12.9. The number of thioether (sulfide) groups is 1. The maximum absolute atomic E-state index is 10.9. The van der Waals surface area contributed by atoms with Crippen LogP contribution in [0.2, 0.25) is 0 Å². The van der Waals surface area contributed by atoms with Crippen LogP contribution in [-0.4, -0.2) is 47.9 Å². The van der Waals surface area contributed by atoms with Gasteiger partial charge in [0.25, 0.3) is 6.20 Å². The summed E-state index contributed by atoms with van der Waals surface area (Å²) >= 11 is 3.15. The smallest absolute Gasteiger partial charge is 0.274 e. The van der Waals surface area contributed by atoms with E-state index >= 15 is 0 Å². The molecule has 2 heterocycles. The topological polar surface area (TPSA) is 104 Å². The van der Waals surface area contributed by atoms with Crippen molar-refractivity contribution in [2.75, 3.05) is 32.9 Å². The molecule has 0 spiro atoms. The van der Waals surface area contributed by atoms with E-state index in [9.17, 15) is 15.2 Å². The van der Waals surface area contributed by atoms with Crippen LogP contribution in [0.5, 0.6) is 0 Å². The summed E-state index contributed by atoms with van der Waals surface area (Å²) in [6.45, 7) is 3.45. The SMILES string of the molecule is Cc1ccsc1C(O)CNC(=C[N+](=O)[O-])NCCSCc1ccc(CN(C)C)o1. The number of nitro groups is 1. The van der Waals surface area contributed by atoms with Crippen molar-refractivity contribution in [2.45, 2.75) is 25.3 Å². The molecule has 0 fully saturated rings. The Bertz CT molecular complexity index is 804. The number of aliphatic hydroxyl groups excluding tert-OH is 1. The second kappa shape index (κ2) is 11.9. The first-order chi connectivity index (χ1) is 13.8. The van der Waals surface area contributed by atoms with Gasteiger partial charge in [-0.15, -0.1) is 11.3 Å². The number of aliphatic hydroxyl groups is 1. The van der Waals surface area contributed by atoms with Gasteiger partial charge >= 0.3 is 0 Å². The molecule has 2 aromatic heterocycles. The van der Waals surface area contributed by atoms with Crippen LogP contribution in [0.4, 0.5) is 0 Å². The lowest BCUT2D eigenvalue weighted by Crippen LogP contribution is -2.31. The predicted molar refractivity (Wildman–Crippen MR) is 117 cm³/mol. The fourth-order valence-corrected chi connectivity index (χ4v) is 4.27. The average molecular weight is 441 g/mol. The highest BCUT2D eigenvalue weighted by atomic mass is 32.2. The Kier molecular flexibility index (Phi) is 9.52. The summed E-state index contributed by atoms with van der Waals surface area (Å²) in [5.74, 6) is 3.64. The van der Waals surface area contributed by atoms with E-state index in [0.717, 1.165) is 46.2 Å². The van der Waals surface area contributed by atoms with Gasteiger partial charge in [-0.2, -0.15) is 11.8 Å². The number of hydrogen-bond donors (Lipinski definition) is 3. The minimum Gasteiger partial charge on any atom is -0.464 e. The Morgan fingerprint density at radius 3 is 2.79 bits per heavy atom. The molecule has 0 bridgehead atoms. The highest BCUT2D eigenvalue weighted by Crippen LogP contribution is 2.23. The van der Waals surface area contributed by atoms with E-state index in [-0.39, 0.29) is 12.4 Å². The molecule has 0 aliphatic heterocycles. The van der Waals surface area contributed by atoms with Gasteiger partial charge in [-0.05, 0) is 50.2 Å². The maximum atomic E-state index is 10.9. The molecule has 0 amide bonds. The molecule has 0 aliphatic rings. The van der Waals surface area contributed by atoms with E-state index in [1.807, 2.05) is 49.5 Å². The molecule has 0 aromatic carbocycles. The monoisotopic (exact) mass is 440 g/mol. The molecule has 8 nitrogen and oxygen atoms in total. The lowest BCUT2D eigenvalue weighted by atomic mass is 10.2. The summed E-state index contributed by atoms with van der Waals surface area (Å²) in [5.41, 5.74) is 1.01. The van der Waals surface area contributed by atoms with Crippen LogP contribution < -0.4 is 10.6 Å². The van der Waals surface area contributed by atoms with Crippen molar-refractivity contribution < 1.29 is 14.4 Å². The average Bonchev–Trinajstić information content (AvgIpc) is 3.26. The molecule has 0 saturated carbocycles. The van der Waals surface area contributed by atoms with Crippen LogP contribution in [0.1, 0.15) is 28.1 Å². The summed E-state index contributed by atoms with van der Waals surface area (Å²) in [5, 5.41) is 29.0. The molecule has 0 aliphatic carbocycles. The lowest BCUT2D eigenvalue weighted by molar-refractivity contribution is -0.404. The van der Waals surface area contributed by atoms with E-state index < -0.39 is 11.0 Å². The quantitative estimate of drug-likeness (QED) is 0.248. The van der Waals surface area contributed by atoms with Crippen LogP contribution in [0.3, 0.4) is 0 Å². The molecule has 1 atom stereocenters. The van der Waals surface area contributed by atoms with Crippen molar-refractivity contribution in [1.82, 2.24) is 15.5 Å². The largest absolute Gasteiger partial charge is 0.464 e. The van der Waals surface area contributed by atoms with E-state index in [4.69, 9.17) is 4.42 Å². The van der Waals surface area contributed by atoms with E-state index in [1.165, 1.54) is 11.3 Å². The third kappa shape index (κ3) is 8.48. The zero-order valence-corrected chi connectivity index (χ0v) is 18.5. The second-order valence-electron chi connectivity index (χ2n) is 6.78. The molecule has 0 saturated heterocycles. The molecule has 0 radical (unpaired) electrons. The first-order valence-electron chi connectivity index (χ1n) is 9.20. The van der Waals surface area contributed by atoms with E-state index in [2.05, 4.69) is 10.6 Å². The Morgan fingerprint density at radius 2 is 2.14 bits per heavy atom. The Morgan fingerprint density at radius 1 is 1.38 bits per heavy atom. The zero-order valence-electron chi connectivity index (χ0n) is 16.9. The standard InChI is InChI=1S/C19H28N4O4S2/c1-14-6-8-29-19(14)17(24)10-21-18(12-23(25)26)20-7-9-28-13-16-5-4-15(27-16)11-22(2)3/h4-6,8,12,17,20-21,24H,7,9-11,13H2,1-3H3. The van der Waals surface area contributed by atoms with Crippen molar-refractivity contribution >= 4 is 23.1 Å². The van der Waals surface area contributed by atoms with Crippen LogP contribution in [0.15, 0.2) is 40.0 Å². The molecular formula is C19H28N4O4S2. The van der Waals surface area contributed by atoms with Gasteiger partial charge in [0.2, 0.25) is 0 Å². The fourth-order valence-electron chi connectivity index (χ4n) is 2.61. The van der Waals surface area contributed by atoms with Gasteiger partial charge in [0, 0.05) is 23.7 Å². The van der Waals surface area contributed by atoms with Gasteiger partial charge in [0.1, 0.15) is 17.6 Å². The summed E-state index contributed by atoms with van der Waals surface area (Å²) in [4.78, 5) is 13.3. The molecule has 160 valence electrons. The summed E-state index contributed by atoms with van der Waals surface area (Å²) < 4.78 is 5.76. The van der Waals surface area contributed by atoms with Crippen LogP contribution in [0, 0.1) is 17.0 Å². The minimum atomic E-state index is -0.711. The molecule has 2 rings (SSSR count). The van der Waals surface area contributed by atoms with E-state index in [0.29, 0.717) is 6.54 Å². The number of aryl methyl sites for hydroxylation is 1. The third-order valence-electron chi connectivity index (χ3n) is 3.92. The Labute approximate surface area is 179 Å². The first kappa shape index (κ1) is 23.3. The van der Waals surface area contributed by atoms with Crippen LogP contribution in [-0.2, 0) is 12.3 Å². The molecular weight excluding hydrogens is 412 g/mol. The Hall–Kier alpha value is -2.01. The third-order valence-corrected chi connectivity index (χ3v) is 6.02. The van der Waals surface area contributed by atoms with Gasteiger partial charge in [-0.1, -0.05) is 0 Å². The van der Waals surface area contributed by atoms with Gasteiger partial charge < -0.3 is 25.1 Å². The number of nitrogens with one attached hydrogen (secondary N) is 2. The van der Waals surface area contributed by atoms with Crippen molar-refractivity contribution in [3.05, 3.63) is 67.7 Å². The van der Waals surface area contributed by atoms with Crippen LogP contribution in [0.25, 0.3) is 0 Å². The molecule has 10 heteroatoms. The number of furan rings is 1. The van der Waals surface area contributed by atoms with Gasteiger partial charge in [-0.3, -0.25) is 10.1 Å². The Balaban J connectivity index is 1.72. The minimum absolute atomic E-state index is 0.197. The number of rotatable bonds is 13. The molecule has 29 heavy (non-hydrogen) atoms. The summed E-state index contributed by atoms with van der Waals surface area (Å²) in [6.07, 6.45) is 0.176. The lowest BCUT2D eigenvalue weighted by Gasteiger charge is -2.15. The first-order valence-corrected chi connectivity index (χ1v) is 11.2. The highest BCUT2D eigenvalue weighted by molar-refractivity contribution is 7.98. The van der Waals surface area contributed by atoms with E-state index in [1.54, 1.807) is 11.8 Å².